The molecule has 0 saturated heterocycles. The third-order valence-electron chi connectivity index (χ3n) is 3.20. The third kappa shape index (κ3) is 5.88. The Hall–Kier alpha value is -1.35. The number of hydrogen-bond donors (Lipinski definition) is 1. The van der Waals surface area contributed by atoms with Gasteiger partial charge in [-0.2, -0.15) is 0 Å². The van der Waals surface area contributed by atoms with Crippen molar-refractivity contribution in [2.75, 3.05) is 6.61 Å². The summed E-state index contributed by atoms with van der Waals surface area (Å²) < 4.78 is 4.95. The molecule has 0 aromatic heterocycles. The van der Waals surface area contributed by atoms with E-state index in [4.69, 9.17) is 10.5 Å². The minimum Gasteiger partial charge on any atom is -0.462 e. The standard InChI is InChI=1S/C16H25NO2/c1-3-5-6-15(17)12-9-13-7-10-14(11-8-13)16(18)19-4-2/h7-8,10-11,15H,3-6,9,12,17H2,1-2H3/t15-/m0/s1. The number of aryl methyl sites for hydroxylation is 1. The molecule has 0 heterocycles. The predicted octanol–water partition coefficient (Wildman–Crippen LogP) is 3.31. The number of carbonyl (C=O) groups is 1. The molecule has 1 aromatic rings. The van der Waals surface area contributed by atoms with E-state index >= 15 is 0 Å². The molecular weight excluding hydrogens is 238 g/mol. The molecule has 0 spiro atoms. The Morgan fingerprint density at radius 3 is 2.47 bits per heavy atom. The van der Waals surface area contributed by atoms with Gasteiger partial charge < -0.3 is 10.5 Å². The fourth-order valence-corrected chi connectivity index (χ4v) is 1.98. The lowest BCUT2D eigenvalue weighted by Crippen LogP contribution is -2.20. The first kappa shape index (κ1) is 15.7. The lowest BCUT2D eigenvalue weighted by Gasteiger charge is -2.10. The zero-order valence-electron chi connectivity index (χ0n) is 12.0. The molecule has 3 nitrogen and oxygen atoms in total. The van der Waals surface area contributed by atoms with Crippen LogP contribution in [0.5, 0.6) is 0 Å². The van der Waals surface area contributed by atoms with Crippen molar-refractivity contribution in [2.24, 2.45) is 5.73 Å². The maximum absolute atomic E-state index is 11.5. The average Bonchev–Trinajstić information content (AvgIpc) is 2.43. The molecule has 106 valence electrons. The van der Waals surface area contributed by atoms with E-state index in [1.54, 1.807) is 0 Å². The number of esters is 1. The van der Waals surface area contributed by atoms with Crippen molar-refractivity contribution in [1.29, 1.82) is 0 Å². The van der Waals surface area contributed by atoms with E-state index in [-0.39, 0.29) is 12.0 Å². The van der Waals surface area contributed by atoms with Crippen LogP contribution in [-0.2, 0) is 11.2 Å². The average molecular weight is 263 g/mol. The normalized spacial score (nSPS) is 12.2. The number of carbonyl (C=O) groups excluding carboxylic acids is 1. The van der Waals surface area contributed by atoms with Gasteiger partial charge in [0.2, 0.25) is 0 Å². The van der Waals surface area contributed by atoms with Gasteiger partial charge in [0.1, 0.15) is 0 Å². The van der Waals surface area contributed by atoms with Gasteiger partial charge >= 0.3 is 5.97 Å². The largest absolute Gasteiger partial charge is 0.462 e. The summed E-state index contributed by atoms with van der Waals surface area (Å²) in [6.45, 7) is 4.40. The first-order valence-corrected chi connectivity index (χ1v) is 7.19. The summed E-state index contributed by atoms with van der Waals surface area (Å²) in [5.74, 6) is -0.256. The summed E-state index contributed by atoms with van der Waals surface area (Å²) >= 11 is 0. The Labute approximate surface area is 116 Å². The van der Waals surface area contributed by atoms with E-state index in [1.807, 2.05) is 31.2 Å². The molecule has 2 N–H and O–H groups in total. The van der Waals surface area contributed by atoms with Crippen molar-refractivity contribution in [2.45, 2.75) is 52.0 Å². The second kappa shape index (κ2) is 8.70. The Morgan fingerprint density at radius 1 is 1.21 bits per heavy atom. The molecule has 0 amide bonds. The Kier molecular flexibility index (Phi) is 7.19. The van der Waals surface area contributed by atoms with Crippen LogP contribution in [0.25, 0.3) is 0 Å². The molecular formula is C16H25NO2. The van der Waals surface area contributed by atoms with Crippen molar-refractivity contribution in [3.63, 3.8) is 0 Å². The minimum atomic E-state index is -0.256. The first-order chi connectivity index (χ1) is 9.17. The molecule has 0 aliphatic rings. The topological polar surface area (TPSA) is 52.3 Å². The summed E-state index contributed by atoms with van der Waals surface area (Å²) in [7, 11) is 0. The molecule has 0 aliphatic carbocycles. The summed E-state index contributed by atoms with van der Waals surface area (Å²) in [6.07, 6.45) is 5.45. The Balaban J connectivity index is 2.41. The highest BCUT2D eigenvalue weighted by atomic mass is 16.5. The monoisotopic (exact) mass is 263 g/mol. The smallest absolute Gasteiger partial charge is 0.338 e. The first-order valence-electron chi connectivity index (χ1n) is 7.19. The van der Waals surface area contributed by atoms with Crippen LogP contribution in [0.1, 0.15) is 55.5 Å². The van der Waals surface area contributed by atoms with Crippen LogP contribution in [0.4, 0.5) is 0 Å². The van der Waals surface area contributed by atoms with E-state index < -0.39 is 0 Å². The fraction of sp³-hybridized carbons (Fsp3) is 0.562. The Bertz CT molecular complexity index is 373. The summed E-state index contributed by atoms with van der Waals surface area (Å²) in [5, 5.41) is 0. The van der Waals surface area contributed by atoms with Crippen LogP contribution in [0.3, 0.4) is 0 Å². The molecule has 3 heteroatoms. The molecule has 1 atom stereocenters. The third-order valence-corrected chi connectivity index (χ3v) is 3.20. The van der Waals surface area contributed by atoms with Crippen molar-refractivity contribution in [3.8, 4) is 0 Å². The number of rotatable bonds is 8. The van der Waals surface area contributed by atoms with Crippen molar-refractivity contribution in [3.05, 3.63) is 35.4 Å². The zero-order chi connectivity index (χ0) is 14.1. The quantitative estimate of drug-likeness (QED) is 0.732. The second-order valence-corrected chi connectivity index (χ2v) is 4.86. The van der Waals surface area contributed by atoms with Crippen molar-refractivity contribution in [1.82, 2.24) is 0 Å². The molecule has 1 rings (SSSR count). The van der Waals surface area contributed by atoms with Gasteiger partial charge in [0.25, 0.3) is 0 Å². The van der Waals surface area contributed by atoms with Gasteiger partial charge in [-0.25, -0.2) is 4.79 Å². The van der Waals surface area contributed by atoms with Gasteiger partial charge in [-0.05, 0) is 43.9 Å². The lowest BCUT2D eigenvalue weighted by atomic mass is 10.0. The van der Waals surface area contributed by atoms with Crippen LogP contribution >= 0.6 is 0 Å². The zero-order valence-corrected chi connectivity index (χ0v) is 12.0. The van der Waals surface area contributed by atoms with Crippen molar-refractivity contribution < 1.29 is 9.53 Å². The van der Waals surface area contributed by atoms with Gasteiger partial charge in [0.15, 0.2) is 0 Å². The molecule has 0 radical (unpaired) electrons. The van der Waals surface area contributed by atoms with E-state index in [2.05, 4.69) is 6.92 Å². The van der Waals surface area contributed by atoms with Crippen LogP contribution in [0.2, 0.25) is 0 Å². The lowest BCUT2D eigenvalue weighted by molar-refractivity contribution is 0.0526. The molecule has 0 bridgehead atoms. The van der Waals surface area contributed by atoms with Crippen molar-refractivity contribution >= 4 is 5.97 Å². The number of ether oxygens (including phenoxy) is 1. The van der Waals surface area contributed by atoms with Gasteiger partial charge in [0, 0.05) is 6.04 Å². The molecule has 0 unspecified atom stereocenters. The van der Waals surface area contributed by atoms with Crippen LogP contribution in [0.15, 0.2) is 24.3 Å². The van der Waals surface area contributed by atoms with Gasteiger partial charge in [-0.15, -0.1) is 0 Å². The van der Waals surface area contributed by atoms with Gasteiger partial charge in [-0.3, -0.25) is 0 Å². The molecule has 19 heavy (non-hydrogen) atoms. The van der Waals surface area contributed by atoms with E-state index in [9.17, 15) is 4.79 Å². The Morgan fingerprint density at radius 2 is 1.89 bits per heavy atom. The highest BCUT2D eigenvalue weighted by Crippen LogP contribution is 2.11. The van der Waals surface area contributed by atoms with E-state index in [1.165, 1.54) is 18.4 Å². The van der Waals surface area contributed by atoms with E-state index in [0.29, 0.717) is 12.2 Å². The number of benzene rings is 1. The number of nitrogens with two attached hydrogens (primary N) is 1. The molecule has 1 aromatic carbocycles. The highest BCUT2D eigenvalue weighted by Gasteiger charge is 2.06. The number of unbranched alkanes of at least 4 members (excludes halogenated alkanes) is 1. The second-order valence-electron chi connectivity index (χ2n) is 4.86. The summed E-state index contributed by atoms with van der Waals surface area (Å²) in [5.41, 5.74) is 7.89. The molecule has 0 saturated carbocycles. The number of hydrogen-bond acceptors (Lipinski definition) is 3. The maximum Gasteiger partial charge on any atom is 0.338 e. The van der Waals surface area contributed by atoms with Crippen LogP contribution < -0.4 is 5.73 Å². The minimum absolute atomic E-state index is 0.256. The van der Waals surface area contributed by atoms with Crippen LogP contribution in [0, 0.1) is 0 Å². The SMILES string of the molecule is CCCC[C@H](N)CCc1ccc(C(=O)OCC)cc1. The molecule has 0 aliphatic heterocycles. The van der Waals surface area contributed by atoms with Gasteiger partial charge in [0.05, 0.1) is 12.2 Å². The predicted molar refractivity (Wildman–Crippen MR) is 78.2 cm³/mol. The summed E-state index contributed by atoms with van der Waals surface area (Å²) in [4.78, 5) is 11.5. The molecule has 0 fully saturated rings. The van der Waals surface area contributed by atoms with E-state index in [0.717, 1.165) is 19.3 Å². The van der Waals surface area contributed by atoms with Gasteiger partial charge in [-0.1, -0.05) is 31.9 Å². The summed E-state index contributed by atoms with van der Waals surface area (Å²) in [6, 6.07) is 7.90. The maximum atomic E-state index is 11.5. The fourth-order valence-electron chi connectivity index (χ4n) is 1.98. The van der Waals surface area contributed by atoms with Crippen LogP contribution in [-0.4, -0.2) is 18.6 Å². The highest BCUT2D eigenvalue weighted by molar-refractivity contribution is 5.89.